The predicted molar refractivity (Wildman–Crippen MR) is 209 cm³/mol. The van der Waals surface area contributed by atoms with Crippen LogP contribution < -0.4 is 30.5 Å². The van der Waals surface area contributed by atoms with Gasteiger partial charge in [-0.3, -0.25) is 14.9 Å². The SMILES string of the molecule is c1ccc(N2c3ccccc3[Si]3(c4ccccc42)c2ccccc2N(c2cc(-c4cccnc4)nc(-c4cccnc4)n2)c2ccccc23)cc1. The van der Waals surface area contributed by atoms with Crippen LogP contribution in [0.4, 0.5) is 34.3 Å². The van der Waals surface area contributed by atoms with E-state index in [0.29, 0.717) is 5.82 Å². The first kappa shape index (κ1) is 29.2. The molecule has 5 aromatic carbocycles. The van der Waals surface area contributed by atoms with Gasteiger partial charge >= 0.3 is 0 Å². The summed E-state index contributed by atoms with van der Waals surface area (Å²) in [7, 11) is -2.90. The Hall–Kier alpha value is -6.70. The molecule has 0 N–H and O–H groups in total. The molecule has 8 aromatic rings. The van der Waals surface area contributed by atoms with Crippen molar-refractivity contribution in [2.75, 3.05) is 9.80 Å². The second-order valence-corrected chi connectivity index (χ2v) is 16.4. The van der Waals surface area contributed by atoms with Gasteiger partial charge in [0.15, 0.2) is 13.9 Å². The van der Waals surface area contributed by atoms with Crippen LogP contribution in [0.1, 0.15) is 0 Å². The van der Waals surface area contributed by atoms with E-state index in [1.807, 2.05) is 36.7 Å². The topological polar surface area (TPSA) is 58.0 Å². The van der Waals surface area contributed by atoms with Crippen LogP contribution in [0, 0.1) is 0 Å². The minimum absolute atomic E-state index is 0.610. The summed E-state index contributed by atoms with van der Waals surface area (Å²) in [5.41, 5.74) is 8.39. The summed E-state index contributed by atoms with van der Waals surface area (Å²) in [6.07, 6.45) is 7.23. The van der Waals surface area contributed by atoms with Gasteiger partial charge in [0.25, 0.3) is 0 Å². The fourth-order valence-electron chi connectivity index (χ4n) is 8.01. The maximum absolute atomic E-state index is 5.29. The molecule has 0 unspecified atom stereocenters. The number of rotatable bonds is 4. The molecule has 1 spiro atoms. The standard InChI is InChI=1S/C44H30N6Si/c1-2-16-33(17-3-1)49-35-18-4-8-22-39(35)51(40-23-9-5-19-36(40)49)41-24-10-6-20-37(41)50(38-21-7-11-25-42(38)51)43-28-34(31-14-12-26-45-29-31)47-44(48-43)32-15-13-27-46-30-32/h1-30H. The molecule has 0 saturated heterocycles. The summed E-state index contributed by atoms with van der Waals surface area (Å²) >= 11 is 0. The second kappa shape index (κ2) is 11.7. The van der Waals surface area contributed by atoms with Gasteiger partial charge < -0.3 is 4.90 Å². The third-order valence-electron chi connectivity index (χ3n) is 10.0. The summed E-state index contributed by atoms with van der Waals surface area (Å²) in [4.78, 5) is 23.9. The molecule has 3 aromatic heterocycles. The van der Waals surface area contributed by atoms with Gasteiger partial charge in [-0.1, -0.05) is 91.0 Å². The number of para-hydroxylation sites is 5. The number of hydrogen-bond donors (Lipinski definition) is 0. The maximum atomic E-state index is 5.29. The Balaban J connectivity index is 1.28. The quantitative estimate of drug-likeness (QED) is 0.180. The average Bonchev–Trinajstić information content (AvgIpc) is 3.21. The minimum Gasteiger partial charge on any atom is -0.311 e. The van der Waals surface area contributed by atoms with E-state index in [9.17, 15) is 0 Å². The van der Waals surface area contributed by atoms with Gasteiger partial charge in [0.2, 0.25) is 0 Å². The molecule has 2 aliphatic heterocycles. The first-order valence-corrected chi connectivity index (χ1v) is 19.1. The van der Waals surface area contributed by atoms with Gasteiger partial charge in [-0.25, -0.2) is 9.97 Å². The molecule has 0 bridgehead atoms. The van der Waals surface area contributed by atoms with Crippen molar-refractivity contribution in [3.8, 4) is 22.6 Å². The number of nitrogens with zero attached hydrogens (tertiary/aromatic N) is 6. The lowest BCUT2D eigenvalue weighted by Crippen LogP contribution is -2.79. The van der Waals surface area contributed by atoms with Crippen LogP contribution in [-0.2, 0) is 0 Å². The lowest BCUT2D eigenvalue weighted by molar-refractivity contribution is 1.12. The van der Waals surface area contributed by atoms with Crippen molar-refractivity contribution < 1.29 is 0 Å². The van der Waals surface area contributed by atoms with E-state index in [-0.39, 0.29) is 0 Å². The Morgan fingerprint density at radius 1 is 0.412 bits per heavy atom. The fraction of sp³-hybridized carbons (Fsp3) is 0. The summed E-state index contributed by atoms with van der Waals surface area (Å²) in [6.45, 7) is 0. The highest BCUT2D eigenvalue weighted by Crippen LogP contribution is 2.44. The molecule has 51 heavy (non-hydrogen) atoms. The number of pyridine rings is 2. The van der Waals surface area contributed by atoms with Crippen LogP contribution in [-0.4, -0.2) is 28.0 Å². The molecule has 0 radical (unpaired) electrons. The van der Waals surface area contributed by atoms with Crippen molar-refractivity contribution in [2.45, 2.75) is 0 Å². The lowest BCUT2D eigenvalue weighted by Gasteiger charge is -2.49. The molecule has 5 heterocycles. The Morgan fingerprint density at radius 3 is 1.39 bits per heavy atom. The van der Waals surface area contributed by atoms with Gasteiger partial charge in [0.05, 0.1) is 5.69 Å². The van der Waals surface area contributed by atoms with Crippen LogP contribution in [0.5, 0.6) is 0 Å². The van der Waals surface area contributed by atoms with Gasteiger partial charge in [-0.15, -0.1) is 0 Å². The van der Waals surface area contributed by atoms with E-state index in [0.717, 1.165) is 39.7 Å². The monoisotopic (exact) mass is 670 g/mol. The largest absolute Gasteiger partial charge is 0.311 e. The van der Waals surface area contributed by atoms with E-state index < -0.39 is 8.07 Å². The number of anilines is 6. The number of aromatic nitrogens is 4. The number of hydrogen-bond acceptors (Lipinski definition) is 6. The number of fused-ring (bicyclic) bond motifs is 8. The summed E-state index contributed by atoms with van der Waals surface area (Å²) < 4.78 is 0. The normalized spacial score (nSPS) is 13.6. The Morgan fingerprint density at radius 2 is 0.882 bits per heavy atom. The van der Waals surface area contributed by atoms with Crippen molar-refractivity contribution in [2.24, 2.45) is 0 Å². The van der Waals surface area contributed by atoms with Gasteiger partial charge in [-0.2, -0.15) is 0 Å². The second-order valence-electron chi connectivity index (χ2n) is 12.7. The van der Waals surface area contributed by atoms with Gasteiger partial charge in [0.1, 0.15) is 5.82 Å². The van der Waals surface area contributed by atoms with Crippen molar-refractivity contribution in [3.05, 3.63) is 183 Å². The highest BCUT2D eigenvalue weighted by molar-refractivity contribution is 7.23. The summed E-state index contributed by atoms with van der Waals surface area (Å²) in [5.74, 6) is 1.40. The zero-order valence-corrected chi connectivity index (χ0v) is 28.5. The highest BCUT2D eigenvalue weighted by Gasteiger charge is 2.54. The van der Waals surface area contributed by atoms with Crippen molar-refractivity contribution in [1.29, 1.82) is 0 Å². The zero-order chi connectivity index (χ0) is 33.8. The van der Waals surface area contributed by atoms with Crippen LogP contribution in [0.2, 0.25) is 0 Å². The van der Waals surface area contributed by atoms with E-state index in [1.165, 1.54) is 32.1 Å². The summed E-state index contributed by atoms with van der Waals surface area (Å²) in [5, 5.41) is 5.37. The molecule has 10 rings (SSSR count). The van der Waals surface area contributed by atoms with Gasteiger partial charge in [0, 0.05) is 70.4 Å². The third-order valence-corrected chi connectivity index (χ3v) is 15.0. The van der Waals surface area contributed by atoms with Crippen LogP contribution in [0.15, 0.2) is 183 Å². The van der Waals surface area contributed by atoms with E-state index >= 15 is 0 Å². The first-order valence-electron chi connectivity index (χ1n) is 17.1. The number of benzene rings is 5. The van der Waals surface area contributed by atoms with Crippen molar-refractivity contribution in [3.63, 3.8) is 0 Å². The van der Waals surface area contributed by atoms with Crippen LogP contribution >= 0.6 is 0 Å². The van der Waals surface area contributed by atoms with E-state index in [1.54, 1.807) is 12.4 Å². The molecular formula is C44H30N6Si. The lowest BCUT2D eigenvalue weighted by atomic mass is 10.1. The van der Waals surface area contributed by atoms with Crippen LogP contribution in [0.3, 0.4) is 0 Å². The Labute approximate surface area is 297 Å². The zero-order valence-electron chi connectivity index (χ0n) is 27.5. The molecule has 0 atom stereocenters. The molecule has 0 fully saturated rings. The molecule has 240 valence electrons. The molecule has 0 aliphatic carbocycles. The Kier molecular flexibility index (Phi) is 6.72. The Bertz CT molecular complexity index is 2410. The van der Waals surface area contributed by atoms with E-state index in [4.69, 9.17) is 9.97 Å². The van der Waals surface area contributed by atoms with Crippen molar-refractivity contribution >= 4 is 63.1 Å². The molecule has 0 saturated carbocycles. The molecular weight excluding hydrogens is 641 g/mol. The van der Waals surface area contributed by atoms with Gasteiger partial charge in [-0.05, 0) is 81.4 Å². The highest BCUT2D eigenvalue weighted by atomic mass is 28.3. The maximum Gasteiger partial charge on any atom is 0.188 e. The molecule has 0 amide bonds. The minimum atomic E-state index is -2.90. The smallest absolute Gasteiger partial charge is 0.188 e. The summed E-state index contributed by atoms with van der Waals surface area (Å²) in [6, 6.07) is 56.6. The molecule has 6 nitrogen and oxygen atoms in total. The first-order chi connectivity index (χ1) is 25.3. The van der Waals surface area contributed by atoms with Crippen molar-refractivity contribution in [1.82, 2.24) is 19.9 Å². The molecule has 7 heteroatoms. The predicted octanol–water partition coefficient (Wildman–Crippen LogP) is 7.54. The van der Waals surface area contributed by atoms with E-state index in [2.05, 4.69) is 153 Å². The molecule has 2 aliphatic rings. The third kappa shape index (κ3) is 4.42. The van der Waals surface area contributed by atoms with Crippen LogP contribution in [0.25, 0.3) is 22.6 Å². The fourth-order valence-corrected chi connectivity index (χ4v) is 13.5. The average molecular weight is 671 g/mol.